The van der Waals surface area contributed by atoms with Gasteiger partial charge in [0.2, 0.25) is 0 Å². The lowest BCUT2D eigenvalue weighted by Crippen LogP contribution is -2.23. The van der Waals surface area contributed by atoms with Crippen molar-refractivity contribution in [2.24, 2.45) is 12.8 Å². The van der Waals surface area contributed by atoms with E-state index in [1.54, 1.807) is 79.6 Å². The molecule has 192 valence electrons. The number of methoxy groups -OCH3 is 1. The molecule has 3 aromatic carbocycles. The number of nitrogens with zero attached hydrogens (tertiary/aromatic N) is 3. The highest BCUT2D eigenvalue weighted by Gasteiger charge is 2.24. The quantitative estimate of drug-likeness (QED) is 0.306. The molecule has 0 atom stereocenters. The van der Waals surface area contributed by atoms with Crippen molar-refractivity contribution in [3.05, 3.63) is 112 Å². The number of hydrogen-bond donors (Lipinski definition) is 1. The molecule has 0 aliphatic rings. The van der Waals surface area contributed by atoms with E-state index >= 15 is 4.39 Å². The molecule has 0 saturated carbocycles. The van der Waals surface area contributed by atoms with E-state index in [4.69, 9.17) is 15.2 Å². The van der Waals surface area contributed by atoms with Crippen molar-refractivity contribution in [2.75, 3.05) is 7.11 Å². The summed E-state index contributed by atoms with van der Waals surface area (Å²) < 4.78 is 29.1. The molecule has 0 radical (unpaired) electrons. The highest BCUT2D eigenvalue weighted by molar-refractivity contribution is 5.98. The molecular weight excluding hydrogens is 487 g/mol. The molecule has 0 bridgehead atoms. The number of para-hydroxylation sites is 1. The number of Topliss-reactive ketones (excluding diaryl/α,β-unsaturated/α-hetero) is 1. The summed E-state index contributed by atoms with van der Waals surface area (Å²) in [5.74, 6) is -0.00318. The molecular formula is C29H25FN4O4. The smallest absolute Gasteiger partial charge is 0.282 e. The van der Waals surface area contributed by atoms with Crippen LogP contribution in [-0.4, -0.2) is 27.2 Å². The van der Waals surface area contributed by atoms with E-state index in [1.807, 2.05) is 6.07 Å². The van der Waals surface area contributed by atoms with Crippen molar-refractivity contribution < 1.29 is 18.7 Å². The number of pyridine rings is 1. The van der Waals surface area contributed by atoms with Crippen molar-refractivity contribution in [3.63, 3.8) is 0 Å². The van der Waals surface area contributed by atoms with Crippen molar-refractivity contribution in [1.82, 2.24) is 14.3 Å². The van der Waals surface area contributed by atoms with Gasteiger partial charge in [-0.3, -0.25) is 19.3 Å². The average Bonchev–Trinajstić information content (AvgIpc) is 3.19. The summed E-state index contributed by atoms with van der Waals surface area (Å²) in [7, 11) is 3.24. The number of ketones is 1. The van der Waals surface area contributed by atoms with Gasteiger partial charge in [0.15, 0.2) is 17.3 Å². The van der Waals surface area contributed by atoms with Crippen molar-refractivity contribution in [3.8, 4) is 22.9 Å². The van der Waals surface area contributed by atoms with Crippen LogP contribution in [0.4, 0.5) is 4.39 Å². The molecule has 5 rings (SSSR count). The first kappa shape index (κ1) is 24.9. The Morgan fingerprint density at radius 1 is 1.03 bits per heavy atom. The summed E-state index contributed by atoms with van der Waals surface area (Å²) in [5, 5.41) is 0.694. The minimum absolute atomic E-state index is 0.000447. The van der Waals surface area contributed by atoms with Gasteiger partial charge in [-0.1, -0.05) is 24.3 Å². The zero-order chi connectivity index (χ0) is 26.8. The third-order valence-electron chi connectivity index (χ3n) is 6.35. The normalized spacial score (nSPS) is 11.1. The molecule has 9 heteroatoms. The Kier molecular flexibility index (Phi) is 6.76. The minimum Gasteiger partial charge on any atom is -0.497 e. The second kappa shape index (κ2) is 10.3. The van der Waals surface area contributed by atoms with Crippen LogP contribution in [0.5, 0.6) is 17.2 Å². The van der Waals surface area contributed by atoms with Crippen LogP contribution in [-0.2, 0) is 20.0 Å². The standard InChI is InChI=1S/C29H25FN4O4/c1-33-24(17-31)28(29(36)34(33)19-6-4-3-5-7-19)25(35)15-18-8-11-27(22(30)14-18)38-26-12-13-32-23-16-20(37-2)9-10-21(23)26/h3-14,16H,15,17,31H2,1-2H3. The molecule has 0 amide bonds. The molecule has 0 spiro atoms. The molecule has 0 saturated heterocycles. The van der Waals surface area contributed by atoms with Crippen LogP contribution in [0.1, 0.15) is 21.6 Å². The summed E-state index contributed by atoms with van der Waals surface area (Å²) in [4.78, 5) is 30.8. The molecule has 0 aliphatic heterocycles. The summed E-state index contributed by atoms with van der Waals surface area (Å²) in [6.45, 7) is -0.000447. The van der Waals surface area contributed by atoms with E-state index in [-0.39, 0.29) is 24.3 Å². The van der Waals surface area contributed by atoms with Gasteiger partial charge in [0.1, 0.15) is 17.1 Å². The Bertz CT molecular complexity index is 1710. The number of aromatic nitrogens is 3. The lowest BCUT2D eigenvalue weighted by Gasteiger charge is -2.11. The van der Waals surface area contributed by atoms with Gasteiger partial charge in [-0.25, -0.2) is 9.07 Å². The van der Waals surface area contributed by atoms with Crippen molar-refractivity contribution >= 4 is 16.7 Å². The van der Waals surface area contributed by atoms with Gasteiger partial charge in [0.05, 0.1) is 24.0 Å². The van der Waals surface area contributed by atoms with E-state index in [9.17, 15) is 9.59 Å². The van der Waals surface area contributed by atoms with E-state index in [2.05, 4.69) is 4.98 Å². The monoisotopic (exact) mass is 512 g/mol. The van der Waals surface area contributed by atoms with Crippen LogP contribution in [0.2, 0.25) is 0 Å². The summed E-state index contributed by atoms with van der Waals surface area (Å²) in [5.41, 5.74) is 7.50. The molecule has 0 unspecified atom stereocenters. The van der Waals surface area contributed by atoms with Gasteiger partial charge in [0.25, 0.3) is 5.56 Å². The third-order valence-corrected chi connectivity index (χ3v) is 6.35. The summed E-state index contributed by atoms with van der Waals surface area (Å²) in [6, 6.07) is 20.3. The van der Waals surface area contributed by atoms with Crippen LogP contribution < -0.4 is 20.8 Å². The minimum atomic E-state index is -0.636. The Morgan fingerprint density at radius 2 is 1.82 bits per heavy atom. The first-order valence-electron chi connectivity index (χ1n) is 11.9. The first-order valence-corrected chi connectivity index (χ1v) is 11.9. The van der Waals surface area contributed by atoms with Gasteiger partial charge in [-0.05, 0) is 48.0 Å². The van der Waals surface area contributed by atoms with Crippen molar-refractivity contribution in [1.29, 1.82) is 0 Å². The van der Waals surface area contributed by atoms with E-state index in [0.29, 0.717) is 39.3 Å². The summed E-state index contributed by atoms with van der Waals surface area (Å²) in [6.07, 6.45) is 1.40. The Labute approximate surface area is 217 Å². The largest absolute Gasteiger partial charge is 0.497 e. The average molecular weight is 513 g/mol. The zero-order valence-electron chi connectivity index (χ0n) is 20.8. The lowest BCUT2D eigenvalue weighted by atomic mass is 10.0. The maximum Gasteiger partial charge on any atom is 0.282 e. The van der Waals surface area contributed by atoms with E-state index in [0.717, 1.165) is 0 Å². The van der Waals surface area contributed by atoms with Gasteiger partial charge < -0.3 is 15.2 Å². The number of carbonyl (C=O) groups is 1. The highest BCUT2D eigenvalue weighted by Crippen LogP contribution is 2.32. The molecule has 5 aromatic rings. The topological polar surface area (TPSA) is 101 Å². The number of carbonyl (C=O) groups excluding carboxylic acids is 1. The fraction of sp³-hybridized carbons (Fsp3) is 0.138. The number of fused-ring (bicyclic) bond motifs is 1. The Balaban J connectivity index is 1.41. The Hall–Kier alpha value is -4.76. The van der Waals surface area contributed by atoms with Crippen LogP contribution >= 0.6 is 0 Å². The molecule has 0 fully saturated rings. The number of hydrogen-bond acceptors (Lipinski definition) is 6. The maximum absolute atomic E-state index is 15.1. The number of nitrogens with two attached hydrogens (primary N) is 1. The summed E-state index contributed by atoms with van der Waals surface area (Å²) >= 11 is 0. The molecule has 38 heavy (non-hydrogen) atoms. The van der Waals surface area contributed by atoms with Crippen LogP contribution in [0.3, 0.4) is 0 Å². The predicted octanol–water partition coefficient (Wildman–Crippen LogP) is 4.55. The van der Waals surface area contributed by atoms with Gasteiger partial charge in [-0.2, -0.15) is 0 Å². The van der Waals surface area contributed by atoms with Crippen LogP contribution in [0.15, 0.2) is 83.8 Å². The SMILES string of the molecule is COc1ccc2c(Oc3ccc(CC(=O)c4c(CN)n(C)n(-c5ccccc5)c4=O)cc3F)ccnc2c1. The number of rotatable bonds is 8. The predicted molar refractivity (Wildman–Crippen MR) is 142 cm³/mol. The molecule has 0 aliphatic carbocycles. The third kappa shape index (κ3) is 4.55. The zero-order valence-corrected chi connectivity index (χ0v) is 20.8. The van der Waals surface area contributed by atoms with Gasteiger partial charge in [0, 0.05) is 37.7 Å². The van der Waals surface area contributed by atoms with Gasteiger partial charge >= 0.3 is 0 Å². The lowest BCUT2D eigenvalue weighted by molar-refractivity contribution is 0.0991. The second-order valence-corrected chi connectivity index (χ2v) is 8.66. The fourth-order valence-corrected chi connectivity index (χ4v) is 4.47. The second-order valence-electron chi connectivity index (χ2n) is 8.66. The van der Waals surface area contributed by atoms with Crippen molar-refractivity contribution in [2.45, 2.75) is 13.0 Å². The Morgan fingerprint density at radius 3 is 2.53 bits per heavy atom. The highest BCUT2D eigenvalue weighted by atomic mass is 19.1. The molecule has 2 N–H and O–H groups in total. The van der Waals surface area contributed by atoms with Crippen LogP contribution in [0, 0.1) is 5.82 Å². The van der Waals surface area contributed by atoms with E-state index in [1.165, 1.54) is 16.8 Å². The van der Waals surface area contributed by atoms with E-state index < -0.39 is 17.2 Å². The maximum atomic E-state index is 15.1. The first-order chi connectivity index (χ1) is 18.4. The molecule has 2 aromatic heterocycles. The molecule has 2 heterocycles. The number of halogens is 1. The number of ether oxygens (including phenoxy) is 2. The number of benzene rings is 3. The van der Waals surface area contributed by atoms with Gasteiger partial charge in [-0.15, -0.1) is 0 Å². The van der Waals surface area contributed by atoms with Crippen LogP contribution in [0.25, 0.3) is 16.6 Å². The molecule has 8 nitrogen and oxygen atoms in total. The fourth-order valence-electron chi connectivity index (χ4n) is 4.47.